The molecular weight excluding hydrogens is 536 g/mol. The molecule has 1 fully saturated rings. The first kappa shape index (κ1) is 34.4. The highest BCUT2D eigenvalue weighted by molar-refractivity contribution is 6.45. The molecule has 0 aliphatic carbocycles. The number of piperidine rings is 1. The molecule has 2 rings (SSSR count). The van der Waals surface area contributed by atoms with Gasteiger partial charge in [0.15, 0.2) is 0 Å². The number of rotatable bonds is 14. The third-order valence-electron chi connectivity index (χ3n) is 7.26. The predicted molar refractivity (Wildman–Crippen MR) is 160 cm³/mol. The van der Waals surface area contributed by atoms with Crippen molar-refractivity contribution < 1.29 is 28.8 Å². The van der Waals surface area contributed by atoms with Crippen LogP contribution in [0.2, 0.25) is 0 Å². The Hall–Kier alpha value is -3.82. The van der Waals surface area contributed by atoms with E-state index in [0.717, 1.165) is 0 Å². The monoisotopic (exact) mass is 582 g/mol. The van der Waals surface area contributed by atoms with Crippen molar-refractivity contribution in [2.24, 2.45) is 17.3 Å². The lowest BCUT2D eigenvalue weighted by atomic mass is 9.85. The second kappa shape index (κ2) is 15.4. The Morgan fingerprint density at radius 3 is 2.26 bits per heavy atom. The summed E-state index contributed by atoms with van der Waals surface area (Å²) in [5, 5.41) is 8.25. The van der Waals surface area contributed by atoms with E-state index in [2.05, 4.69) is 22.5 Å². The minimum absolute atomic E-state index is 0.0163. The summed E-state index contributed by atoms with van der Waals surface area (Å²) < 4.78 is 0. The smallest absolute Gasteiger partial charge is 0.246 e. The molecule has 42 heavy (non-hydrogen) atoms. The molecule has 0 saturated carbocycles. The van der Waals surface area contributed by atoms with Crippen LogP contribution in [-0.2, 0) is 24.0 Å². The lowest BCUT2D eigenvalue weighted by molar-refractivity contribution is -0.146. The molecule has 1 aromatic carbocycles. The molecule has 1 aliphatic rings. The van der Waals surface area contributed by atoms with Gasteiger partial charge in [-0.05, 0) is 37.0 Å². The van der Waals surface area contributed by atoms with Crippen molar-refractivity contribution in [2.45, 2.75) is 85.4 Å². The van der Waals surface area contributed by atoms with Gasteiger partial charge in [0, 0.05) is 31.5 Å². The third-order valence-corrected chi connectivity index (χ3v) is 7.26. The molecule has 230 valence electrons. The first-order valence-electron chi connectivity index (χ1n) is 14.6. The van der Waals surface area contributed by atoms with E-state index in [4.69, 9.17) is 0 Å². The Kier molecular flexibility index (Phi) is 12.6. The average Bonchev–Trinajstić information content (AvgIpc) is 2.92. The lowest BCUT2D eigenvalue weighted by Gasteiger charge is -2.38. The van der Waals surface area contributed by atoms with E-state index in [1.807, 2.05) is 34.6 Å². The fourth-order valence-corrected chi connectivity index (χ4v) is 5.08. The highest BCUT2D eigenvalue weighted by atomic mass is 16.2. The molecular formula is C32H46N4O6. The highest BCUT2D eigenvalue weighted by Crippen LogP contribution is 2.25. The van der Waals surface area contributed by atoms with Gasteiger partial charge in [0.1, 0.15) is 12.1 Å². The Labute approximate surface area is 249 Å². The lowest BCUT2D eigenvalue weighted by Crippen LogP contribution is -2.60. The average molecular weight is 583 g/mol. The number of benzene rings is 1. The van der Waals surface area contributed by atoms with E-state index < -0.39 is 52.8 Å². The summed E-state index contributed by atoms with van der Waals surface area (Å²) in [7, 11) is 0. The maximum atomic E-state index is 14.0. The zero-order chi connectivity index (χ0) is 31.6. The Bertz CT molecular complexity index is 1160. The summed E-state index contributed by atoms with van der Waals surface area (Å²) in [6.45, 7) is 14.9. The van der Waals surface area contributed by atoms with Gasteiger partial charge in [0.2, 0.25) is 35.2 Å². The van der Waals surface area contributed by atoms with Crippen LogP contribution in [0.5, 0.6) is 0 Å². The molecule has 10 heteroatoms. The molecule has 3 N–H and O–H groups in total. The molecule has 1 aliphatic heterocycles. The van der Waals surface area contributed by atoms with Crippen molar-refractivity contribution in [1.29, 1.82) is 0 Å². The molecule has 0 bridgehead atoms. The van der Waals surface area contributed by atoms with Gasteiger partial charge in [0.05, 0.1) is 6.04 Å². The molecule has 1 saturated heterocycles. The SMILES string of the molecule is C=CCN(C(=O)[C@@H](NC(C)=O)C(C)(C)C)[C@@H](CC(C)C)C(=O)NC(CC1CCCNC1=O)C(=O)C(=O)c1ccccc1. The first-order chi connectivity index (χ1) is 19.7. The fraction of sp³-hybridized carbons (Fsp3) is 0.562. The molecule has 0 radical (unpaired) electrons. The molecule has 4 amide bonds. The Balaban J connectivity index is 2.48. The second-order valence-corrected chi connectivity index (χ2v) is 12.4. The first-order valence-corrected chi connectivity index (χ1v) is 14.6. The zero-order valence-corrected chi connectivity index (χ0v) is 25.7. The van der Waals surface area contributed by atoms with Crippen molar-refractivity contribution in [3.63, 3.8) is 0 Å². The maximum Gasteiger partial charge on any atom is 0.246 e. The quantitative estimate of drug-likeness (QED) is 0.175. The number of carbonyl (C=O) groups excluding carboxylic acids is 6. The summed E-state index contributed by atoms with van der Waals surface area (Å²) in [6, 6.07) is 4.81. The standard InChI is InChI=1S/C32H46N4O6/c1-8-17-36(31(42)28(32(5,6)7)34-21(4)37)25(18-20(2)3)30(41)35-24(19-23-15-12-16-33-29(23)40)27(39)26(38)22-13-10-9-11-14-22/h8-11,13-14,20,23-25,28H,1,12,15-19H2,2-7H3,(H,33,40)(H,34,37)(H,35,41)/t23?,24?,25-,28+/m0/s1. The number of Topliss-reactive ketones (excluding diaryl/α,β-unsaturated/α-hetero) is 2. The van der Waals surface area contributed by atoms with Gasteiger partial charge >= 0.3 is 0 Å². The van der Waals surface area contributed by atoms with Crippen LogP contribution < -0.4 is 16.0 Å². The number of nitrogens with zero attached hydrogens (tertiary/aromatic N) is 1. The summed E-state index contributed by atoms with van der Waals surface area (Å²) in [5.41, 5.74) is -0.490. The molecule has 2 unspecified atom stereocenters. The van der Waals surface area contributed by atoms with Gasteiger partial charge in [-0.25, -0.2) is 0 Å². The molecule has 1 aromatic rings. The zero-order valence-electron chi connectivity index (χ0n) is 25.7. The fourth-order valence-electron chi connectivity index (χ4n) is 5.08. The van der Waals surface area contributed by atoms with Crippen LogP contribution in [0.4, 0.5) is 0 Å². The van der Waals surface area contributed by atoms with Crippen LogP contribution in [0.1, 0.15) is 77.6 Å². The highest BCUT2D eigenvalue weighted by Gasteiger charge is 2.41. The normalized spacial score (nSPS) is 17.3. The second-order valence-electron chi connectivity index (χ2n) is 12.4. The summed E-state index contributed by atoms with van der Waals surface area (Å²) in [5.74, 6) is -3.89. The van der Waals surface area contributed by atoms with Gasteiger partial charge in [-0.15, -0.1) is 6.58 Å². The van der Waals surface area contributed by atoms with E-state index in [-0.39, 0.29) is 42.7 Å². The van der Waals surface area contributed by atoms with E-state index in [1.165, 1.54) is 30.0 Å². The van der Waals surface area contributed by atoms with Crippen molar-refractivity contribution in [3.8, 4) is 0 Å². The van der Waals surface area contributed by atoms with Crippen molar-refractivity contribution in [1.82, 2.24) is 20.9 Å². The van der Waals surface area contributed by atoms with Gasteiger partial charge in [0.25, 0.3) is 0 Å². The number of hydrogen-bond acceptors (Lipinski definition) is 6. The van der Waals surface area contributed by atoms with E-state index in [1.54, 1.807) is 18.2 Å². The Morgan fingerprint density at radius 2 is 1.74 bits per heavy atom. The van der Waals surface area contributed by atoms with Gasteiger partial charge in [-0.3, -0.25) is 28.8 Å². The van der Waals surface area contributed by atoms with Gasteiger partial charge < -0.3 is 20.9 Å². The number of nitrogens with one attached hydrogen (secondary N) is 3. The minimum Gasteiger partial charge on any atom is -0.356 e. The predicted octanol–water partition coefficient (Wildman–Crippen LogP) is 2.82. The third kappa shape index (κ3) is 9.63. The van der Waals surface area contributed by atoms with Crippen LogP contribution in [0.25, 0.3) is 0 Å². The van der Waals surface area contributed by atoms with Crippen LogP contribution in [-0.4, -0.2) is 71.3 Å². The number of ketones is 2. The molecule has 0 aromatic heterocycles. The van der Waals surface area contributed by atoms with Gasteiger partial charge in [-0.2, -0.15) is 0 Å². The maximum absolute atomic E-state index is 14.0. The van der Waals surface area contributed by atoms with Gasteiger partial charge in [-0.1, -0.05) is 71.0 Å². The van der Waals surface area contributed by atoms with Crippen molar-refractivity contribution in [2.75, 3.05) is 13.1 Å². The molecule has 10 nitrogen and oxygen atoms in total. The number of amides is 4. The summed E-state index contributed by atoms with van der Waals surface area (Å²) >= 11 is 0. The van der Waals surface area contributed by atoms with E-state index in [0.29, 0.717) is 19.4 Å². The number of hydrogen-bond donors (Lipinski definition) is 3. The molecule has 1 heterocycles. The Morgan fingerprint density at radius 1 is 1.10 bits per heavy atom. The molecule has 0 spiro atoms. The van der Waals surface area contributed by atoms with Crippen LogP contribution in [0.3, 0.4) is 0 Å². The summed E-state index contributed by atoms with van der Waals surface area (Å²) in [4.78, 5) is 80.6. The van der Waals surface area contributed by atoms with Crippen molar-refractivity contribution in [3.05, 3.63) is 48.6 Å². The van der Waals surface area contributed by atoms with E-state index in [9.17, 15) is 28.8 Å². The van der Waals surface area contributed by atoms with Crippen molar-refractivity contribution >= 4 is 35.2 Å². The number of carbonyl (C=O) groups is 6. The van der Waals surface area contributed by atoms with Crippen LogP contribution in [0, 0.1) is 17.3 Å². The van der Waals surface area contributed by atoms with Crippen LogP contribution >= 0.6 is 0 Å². The van der Waals surface area contributed by atoms with E-state index >= 15 is 0 Å². The topological polar surface area (TPSA) is 142 Å². The minimum atomic E-state index is -1.27. The largest absolute Gasteiger partial charge is 0.356 e. The molecule has 4 atom stereocenters. The van der Waals surface area contributed by atoms with Crippen LogP contribution in [0.15, 0.2) is 43.0 Å². The summed E-state index contributed by atoms with van der Waals surface area (Å²) in [6.07, 6.45) is 2.94.